The lowest BCUT2D eigenvalue weighted by atomic mass is 9.87. The first kappa shape index (κ1) is 48.7. The number of carbonyl (C=O) groups excluding carboxylic acids is 2. The van der Waals surface area contributed by atoms with E-state index in [0.717, 1.165) is 49.5 Å². The highest BCUT2D eigenvalue weighted by molar-refractivity contribution is 7.92. The molecule has 1 N–H and O–H groups in total. The fourth-order valence-corrected chi connectivity index (χ4v) is 8.45. The van der Waals surface area contributed by atoms with Gasteiger partial charge in [0.1, 0.15) is 11.6 Å². The Hall–Kier alpha value is -2.49. The van der Waals surface area contributed by atoms with Crippen LogP contribution in [0.5, 0.6) is 0 Å². The third-order valence-corrected chi connectivity index (χ3v) is 13.0. The zero-order valence-electron chi connectivity index (χ0n) is 36.7. The van der Waals surface area contributed by atoms with Crippen molar-refractivity contribution >= 4 is 43.7 Å². The second-order valence-corrected chi connectivity index (χ2v) is 23.0. The summed E-state index contributed by atoms with van der Waals surface area (Å²) >= 11 is 0. The Morgan fingerprint density at radius 2 is 1.33 bits per heavy atom. The number of aromatic nitrogens is 1. The molecule has 55 heavy (non-hydrogen) atoms. The van der Waals surface area contributed by atoms with Crippen LogP contribution in [0.15, 0.2) is 12.1 Å². The maximum Gasteiger partial charge on any atom is 0.312 e. The molecule has 0 aromatic carbocycles. The molecule has 0 bridgehead atoms. The number of sulfonamides is 1. The van der Waals surface area contributed by atoms with E-state index in [4.69, 9.17) is 0 Å². The fourth-order valence-electron chi connectivity index (χ4n) is 6.16. The van der Waals surface area contributed by atoms with Gasteiger partial charge in [-0.1, -0.05) is 95.9 Å². The lowest BCUT2D eigenvalue weighted by Gasteiger charge is -2.36. The summed E-state index contributed by atoms with van der Waals surface area (Å²) in [5.74, 6) is 2.03. The van der Waals surface area contributed by atoms with E-state index in [-0.39, 0.29) is 28.1 Å². The number of unbranched alkanes of at least 4 members (excludes halogenated alkanes) is 2. The predicted octanol–water partition coefficient (Wildman–Crippen LogP) is 6.04. The van der Waals surface area contributed by atoms with Crippen LogP contribution in [-0.2, 0) is 35.2 Å². The molecule has 13 nitrogen and oxygen atoms in total. The topological polar surface area (TPSA) is 144 Å². The van der Waals surface area contributed by atoms with Crippen LogP contribution in [-0.4, -0.2) is 124 Å². The van der Waals surface area contributed by atoms with Gasteiger partial charge in [-0.25, -0.2) is 13.4 Å². The van der Waals surface area contributed by atoms with Gasteiger partial charge >= 0.3 is 11.8 Å². The quantitative estimate of drug-likeness (QED) is 0.238. The van der Waals surface area contributed by atoms with Crippen molar-refractivity contribution < 1.29 is 26.4 Å². The summed E-state index contributed by atoms with van der Waals surface area (Å²) in [6, 6.07) is 3.87. The Morgan fingerprint density at radius 1 is 0.818 bits per heavy atom. The lowest BCUT2D eigenvalue weighted by Crippen LogP contribution is -2.55. The van der Waals surface area contributed by atoms with Crippen molar-refractivity contribution in [3.8, 4) is 0 Å². The molecule has 1 aromatic heterocycles. The maximum absolute atomic E-state index is 12.1. The standard InChI is InChI=1S/C16H27N3O2S.C13H24N2O2.C11H24N2O2S/c1-11-7-12(11)10-17-14-8-13(16(2,3)4)9-15(18-14)19(5)22(6,20)21;1-5-6-7-14-8-9-15(10-13(2,3)4)12(17)11(14)16;1-5-6-7-12-8-9-13(16(12,14)15)10-11(2,3)4/h8-9,11-12H,7,10H2,1-6H3,(H,17,18);5-10H2,1-4H3;5-10H2,1-4H3. The van der Waals surface area contributed by atoms with Crippen LogP contribution in [0.2, 0.25) is 0 Å². The molecule has 2 unspecified atom stereocenters. The molecule has 4 rings (SSSR count). The van der Waals surface area contributed by atoms with Crippen LogP contribution in [0.3, 0.4) is 0 Å². The molecule has 2 aliphatic heterocycles. The summed E-state index contributed by atoms with van der Waals surface area (Å²) in [7, 11) is -4.95. The van der Waals surface area contributed by atoms with Gasteiger partial charge in [0.05, 0.1) is 6.26 Å². The predicted molar refractivity (Wildman–Crippen MR) is 226 cm³/mol. The molecule has 2 saturated heterocycles. The maximum atomic E-state index is 12.1. The van der Waals surface area contributed by atoms with Crippen molar-refractivity contribution in [2.24, 2.45) is 22.7 Å². The minimum Gasteiger partial charge on any atom is -0.370 e. The molecular formula is C40H75N7O6S2. The second kappa shape index (κ2) is 19.8. The first-order valence-corrected chi connectivity index (χ1v) is 23.4. The van der Waals surface area contributed by atoms with E-state index in [1.807, 2.05) is 12.1 Å². The Morgan fingerprint density at radius 3 is 1.82 bits per heavy atom. The largest absolute Gasteiger partial charge is 0.370 e. The molecule has 3 aliphatic rings. The zero-order chi connectivity index (χ0) is 42.2. The number of rotatable bonds is 13. The van der Waals surface area contributed by atoms with Crippen molar-refractivity contribution in [1.29, 1.82) is 0 Å². The summed E-state index contributed by atoms with van der Waals surface area (Å²) in [6.07, 6.45) is 6.44. The average Bonchev–Trinajstić information content (AvgIpc) is 3.70. The van der Waals surface area contributed by atoms with Crippen molar-refractivity contribution in [3.05, 3.63) is 17.7 Å². The smallest absolute Gasteiger partial charge is 0.312 e. The summed E-state index contributed by atoms with van der Waals surface area (Å²) in [5.41, 5.74) is 1.06. The third kappa shape index (κ3) is 16.1. The highest BCUT2D eigenvalue weighted by Gasteiger charge is 2.38. The Balaban J connectivity index is 0.000000290. The van der Waals surface area contributed by atoms with Gasteiger partial charge in [0.25, 0.3) is 10.2 Å². The lowest BCUT2D eigenvalue weighted by molar-refractivity contribution is -0.156. The Bertz CT molecular complexity index is 1630. The van der Waals surface area contributed by atoms with Crippen molar-refractivity contribution in [2.75, 3.05) is 81.8 Å². The molecule has 1 aromatic rings. The first-order chi connectivity index (χ1) is 25.1. The summed E-state index contributed by atoms with van der Waals surface area (Å²) in [5, 5.41) is 3.36. The Kier molecular flexibility index (Phi) is 17.5. The number of hydrogen-bond donors (Lipinski definition) is 1. The van der Waals surface area contributed by atoms with E-state index in [9.17, 15) is 26.4 Å². The fraction of sp³-hybridized carbons (Fsp3) is 0.825. The average molecular weight is 814 g/mol. The zero-order valence-corrected chi connectivity index (χ0v) is 38.3. The van der Waals surface area contributed by atoms with Gasteiger partial charge in [-0.3, -0.25) is 13.9 Å². The number of nitrogens with zero attached hydrogens (tertiary/aromatic N) is 6. The Labute approximate surface area is 335 Å². The van der Waals surface area contributed by atoms with Crippen LogP contribution in [0, 0.1) is 22.7 Å². The molecule has 0 spiro atoms. The molecule has 1 aliphatic carbocycles. The molecule has 318 valence electrons. The number of pyridine rings is 1. The minimum atomic E-state index is -3.32. The molecule has 1 saturated carbocycles. The molecule has 3 fully saturated rings. The van der Waals surface area contributed by atoms with Crippen molar-refractivity contribution in [3.63, 3.8) is 0 Å². The van der Waals surface area contributed by atoms with Crippen LogP contribution >= 0.6 is 0 Å². The molecule has 0 radical (unpaired) electrons. The van der Waals surface area contributed by atoms with Crippen molar-refractivity contribution in [1.82, 2.24) is 23.4 Å². The van der Waals surface area contributed by atoms with E-state index in [0.29, 0.717) is 64.1 Å². The number of carbonyl (C=O) groups is 2. The molecule has 2 atom stereocenters. The third-order valence-electron chi connectivity index (χ3n) is 9.83. The van der Waals surface area contributed by atoms with Crippen molar-refractivity contribution in [2.45, 2.75) is 121 Å². The van der Waals surface area contributed by atoms with E-state index in [1.165, 1.54) is 24.0 Å². The molecule has 2 amide bonds. The van der Waals surface area contributed by atoms with Crippen LogP contribution < -0.4 is 9.62 Å². The highest BCUT2D eigenvalue weighted by Crippen LogP contribution is 2.38. The highest BCUT2D eigenvalue weighted by atomic mass is 32.2. The number of hydrogen-bond acceptors (Lipinski definition) is 8. The SMILES string of the molecule is CC1CC1CNc1cc(C(C)(C)C)cc(N(C)S(C)(=O)=O)n1.CCCCN1CCN(CC(C)(C)C)C(=O)C1=O.CCCCN1CCN(CC(C)(C)C)S1(=O)=O. The van der Waals surface area contributed by atoms with E-state index < -0.39 is 20.2 Å². The molecule has 15 heteroatoms. The summed E-state index contributed by atoms with van der Waals surface area (Å²) < 4.78 is 52.3. The van der Waals surface area contributed by atoms with Gasteiger partial charge in [0, 0.05) is 66.0 Å². The van der Waals surface area contributed by atoms with Gasteiger partial charge in [0.2, 0.25) is 10.0 Å². The van der Waals surface area contributed by atoms with Gasteiger partial charge in [-0.2, -0.15) is 17.0 Å². The normalized spacial score (nSPS) is 20.8. The van der Waals surface area contributed by atoms with Crippen LogP contribution in [0.25, 0.3) is 0 Å². The first-order valence-electron chi connectivity index (χ1n) is 20.1. The van der Waals surface area contributed by atoms with Gasteiger partial charge in [0.15, 0.2) is 0 Å². The summed E-state index contributed by atoms with van der Waals surface area (Å²) in [6.45, 7) is 31.4. The van der Waals surface area contributed by atoms with Gasteiger partial charge in [-0.15, -0.1) is 0 Å². The number of amides is 2. The number of nitrogens with one attached hydrogen (secondary N) is 1. The second-order valence-electron chi connectivity index (χ2n) is 19.0. The van der Waals surface area contributed by atoms with E-state index >= 15 is 0 Å². The minimum absolute atomic E-state index is 0.0217. The monoisotopic (exact) mass is 814 g/mol. The molecule has 3 heterocycles. The van der Waals surface area contributed by atoms with Crippen LogP contribution in [0.1, 0.15) is 121 Å². The summed E-state index contributed by atoms with van der Waals surface area (Å²) in [4.78, 5) is 31.6. The number of piperazine rings is 1. The van der Waals surface area contributed by atoms with Gasteiger partial charge in [-0.05, 0) is 65.0 Å². The van der Waals surface area contributed by atoms with E-state index in [2.05, 4.69) is 93.4 Å². The van der Waals surface area contributed by atoms with E-state index in [1.54, 1.807) is 18.4 Å². The van der Waals surface area contributed by atoms with Gasteiger partial charge < -0.3 is 15.1 Å². The number of anilines is 2. The molecular weight excluding hydrogens is 739 g/mol. The van der Waals surface area contributed by atoms with Crippen LogP contribution in [0.4, 0.5) is 11.6 Å².